The first-order chi connectivity index (χ1) is 9.47. The SMILES string of the molecule is Cc1cc(C(=O)O)ccc1NC(=O)c1ccc(N)cc1. The molecule has 0 bridgehead atoms. The molecule has 0 saturated carbocycles. The van der Waals surface area contributed by atoms with Crippen LogP contribution >= 0.6 is 0 Å². The number of hydrogen-bond acceptors (Lipinski definition) is 3. The van der Waals surface area contributed by atoms with Crippen molar-refractivity contribution < 1.29 is 14.7 Å². The lowest BCUT2D eigenvalue weighted by atomic mass is 10.1. The third kappa shape index (κ3) is 2.95. The first kappa shape index (κ1) is 13.6. The Hall–Kier alpha value is -2.82. The Bertz CT molecular complexity index is 663. The zero-order chi connectivity index (χ0) is 14.7. The van der Waals surface area contributed by atoms with Gasteiger partial charge >= 0.3 is 5.97 Å². The third-order valence-corrected chi connectivity index (χ3v) is 2.89. The monoisotopic (exact) mass is 270 g/mol. The Kier molecular flexibility index (Phi) is 3.70. The Morgan fingerprint density at radius 2 is 1.65 bits per heavy atom. The normalized spacial score (nSPS) is 10.1. The van der Waals surface area contributed by atoms with Crippen LogP contribution < -0.4 is 11.1 Å². The molecular weight excluding hydrogens is 256 g/mol. The Morgan fingerprint density at radius 1 is 1.05 bits per heavy atom. The minimum absolute atomic E-state index is 0.188. The van der Waals surface area contributed by atoms with Crippen LogP contribution in [0.1, 0.15) is 26.3 Å². The highest BCUT2D eigenvalue weighted by Crippen LogP contribution is 2.18. The molecule has 102 valence electrons. The van der Waals surface area contributed by atoms with Gasteiger partial charge in [0, 0.05) is 16.9 Å². The van der Waals surface area contributed by atoms with Crippen molar-refractivity contribution in [2.75, 3.05) is 11.1 Å². The van der Waals surface area contributed by atoms with Gasteiger partial charge in [0.2, 0.25) is 0 Å². The number of nitrogen functional groups attached to an aromatic ring is 1. The number of carboxylic acid groups (broad SMARTS) is 1. The third-order valence-electron chi connectivity index (χ3n) is 2.89. The molecule has 0 aliphatic rings. The van der Waals surface area contributed by atoms with Crippen molar-refractivity contribution in [2.24, 2.45) is 0 Å². The second-order valence-electron chi connectivity index (χ2n) is 4.41. The molecule has 5 heteroatoms. The summed E-state index contributed by atoms with van der Waals surface area (Å²) in [7, 11) is 0. The Labute approximate surface area is 116 Å². The maximum Gasteiger partial charge on any atom is 0.335 e. The van der Waals surface area contributed by atoms with Gasteiger partial charge in [-0.05, 0) is 55.0 Å². The van der Waals surface area contributed by atoms with E-state index in [1.54, 1.807) is 37.3 Å². The van der Waals surface area contributed by atoms with Gasteiger partial charge in [0.15, 0.2) is 0 Å². The molecular formula is C15H14N2O3. The molecule has 1 amide bonds. The van der Waals surface area contributed by atoms with Crippen LogP contribution in [0.3, 0.4) is 0 Å². The summed E-state index contributed by atoms with van der Waals surface area (Å²) in [6.07, 6.45) is 0. The fraction of sp³-hybridized carbons (Fsp3) is 0.0667. The van der Waals surface area contributed by atoms with Crippen molar-refractivity contribution in [1.82, 2.24) is 0 Å². The number of nitrogens with two attached hydrogens (primary N) is 1. The van der Waals surface area contributed by atoms with Crippen molar-refractivity contribution in [3.63, 3.8) is 0 Å². The number of aromatic carboxylic acids is 1. The van der Waals surface area contributed by atoms with Crippen molar-refractivity contribution in [3.8, 4) is 0 Å². The molecule has 0 fully saturated rings. The standard InChI is InChI=1S/C15H14N2O3/c1-9-8-11(15(19)20)4-7-13(9)17-14(18)10-2-5-12(16)6-3-10/h2-8H,16H2,1H3,(H,17,18)(H,19,20). The highest BCUT2D eigenvalue weighted by atomic mass is 16.4. The number of benzene rings is 2. The highest BCUT2D eigenvalue weighted by Gasteiger charge is 2.09. The number of carbonyl (C=O) groups is 2. The maximum absolute atomic E-state index is 12.0. The smallest absolute Gasteiger partial charge is 0.335 e. The van der Waals surface area contributed by atoms with Gasteiger partial charge < -0.3 is 16.2 Å². The quantitative estimate of drug-likeness (QED) is 0.747. The number of anilines is 2. The van der Waals surface area contributed by atoms with Gasteiger partial charge in [0.05, 0.1) is 5.56 Å². The first-order valence-electron chi connectivity index (χ1n) is 5.98. The van der Waals surface area contributed by atoms with Crippen molar-refractivity contribution in [3.05, 3.63) is 59.2 Å². The summed E-state index contributed by atoms with van der Waals surface area (Å²) in [4.78, 5) is 22.9. The number of amides is 1. The van der Waals surface area contributed by atoms with Gasteiger partial charge in [-0.2, -0.15) is 0 Å². The number of carbonyl (C=O) groups excluding carboxylic acids is 1. The molecule has 0 spiro atoms. The predicted octanol–water partition coefficient (Wildman–Crippen LogP) is 2.53. The molecule has 0 unspecified atom stereocenters. The molecule has 0 aromatic heterocycles. The van der Waals surface area contributed by atoms with Crippen LogP contribution in [0, 0.1) is 6.92 Å². The zero-order valence-electron chi connectivity index (χ0n) is 10.9. The van der Waals surface area contributed by atoms with E-state index >= 15 is 0 Å². The van der Waals surface area contributed by atoms with Crippen LogP contribution in [0.5, 0.6) is 0 Å². The lowest BCUT2D eigenvalue weighted by Crippen LogP contribution is -2.13. The van der Waals surface area contributed by atoms with Crippen LogP contribution in [0.4, 0.5) is 11.4 Å². The highest BCUT2D eigenvalue weighted by molar-refractivity contribution is 6.05. The van der Waals surface area contributed by atoms with E-state index in [9.17, 15) is 9.59 Å². The molecule has 0 saturated heterocycles. The van der Waals surface area contributed by atoms with Crippen LogP contribution in [0.25, 0.3) is 0 Å². The minimum atomic E-state index is -0.996. The van der Waals surface area contributed by atoms with Crippen LogP contribution in [0.2, 0.25) is 0 Å². The van der Waals surface area contributed by atoms with E-state index < -0.39 is 5.97 Å². The van der Waals surface area contributed by atoms with Gasteiger partial charge in [0.25, 0.3) is 5.91 Å². The van der Waals surface area contributed by atoms with Crippen molar-refractivity contribution in [1.29, 1.82) is 0 Å². The minimum Gasteiger partial charge on any atom is -0.478 e. The van der Waals surface area contributed by atoms with E-state index in [1.165, 1.54) is 12.1 Å². The lowest BCUT2D eigenvalue weighted by molar-refractivity contribution is 0.0696. The topological polar surface area (TPSA) is 92.4 Å². The largest absolute Gasteiger partial charge is 0.478 e. The van der Waals surface area contributed by atoms with Crippen molar-refractivity contribution >= 4 is 23.3 Å². The number of rotatable bonds is 3. The fourth-order valence-electron chi connectivity index (χ4n) is 1.77. The van der Waals surface area contributed by atoms with Crippen LogP contribution in [0.15, 0.2) is 42.5 Å². The van der Waals surface area contributed by atoms with Gasteiger partial charge in [0.1, 0.15) is 0 Å². The predicted molar refractivity (Wildman–Crippen MR) is 76.9 cm³/mol. The van der Waals surface area contributed by atoms with Crippen molar-refractivity contribution in [2.45, 2.75) is 6.92 Å². The summed E-state index contributed by atoms with van der Waals surface area (Å²) < 4.78 is 0. The molecule has 0 aliphatic heterocycles. The van der Waals surface area contributed by atoms with Crippen LogP contribution in [-0.4, -0.2) is 17.0 Å². The average Bonchev–Trinajstić information content (AvgIpc) is 2.41. The summed E-state index contributed by atoms with van der Waals surface area (Å²) in [6.45, 7) is 1.74. The molecule has 0 radical (unpaired) electrons. The summed E-state index contributed by atoms with van der Waals surface area (Å²) in [5, 5.41) is 11.6. The van der Waals surface area contributed by atoms with Gasteiger partial charge in [-0.15, -0.1) is 0 Å². The van der Waals surface area contributed by atoms with E-state index in [2.05, 4.69) is 5.32 Å². The summed E-state index contributed by atoms with van der Waals surface area (Å²) in [6, 6.07) is 11.1. The van der Waals surface area contributed by atoms with E-state index in [0.29, 0.717) is 22.5 Å². The molecule has 4 N–H and O–H groups in total. The Balaban J connectivity index is 2.19. The molecule has 2 aromatic rings. The number of hydrogen-bond donors (Lipinski definition) is 3. The number of aryl methyl sites for hydroxylation is 1. The van der Waals surface area contributed by atoms with E-state index in [-0.39, 0.29) is 11.5 Å². The van der Waals surface area contributed by atoms with E-state index in [4.69, 9.17) is 10.8 Å². The number of nitrogens with one attached hydrogen (secondary N) is 1. The first-order valence-corrected chi connectivity index (χ1v) is 5.98. The second-order valence-corrected chi connectivity index (χ2v) is 4.41. The molecule has 0 heterocycles. The molecule has 0 aliphatic carbocycles. The molecule has 2 rings (SSSR count). The number of carboxylic acids is 1. The molecule has 0 atom stereocenters. The van der Waals surface area contributed by atoms with Gasteiger partial charge in [-0.25, -0.2) is 4.79 Å². The van der Waals surface area contributed by atoms with E-state index in [1.807, 2.05) is 0 Å². The lowest BCUT2D eigenvalue weighted by Gasteiger charge is -2.09. The summed E-state index contributed by atoms with van der Waals surface area (Å²) in [5.74, 6) is -1.26. The Morgan fingerprint density at radius 3 is 2.20 bits per heavy atom. The maximum atomic E-state index is 12.0. The average molecular weight is 270 g/mol. The summed E-state index contributed by atoms with van der Waals surface area (Å²) in [5.41, 5.74) is 8.09. The van der Waals surface area contributed by atoms with E-state index in [0.717, 1.165) is 0 Å². The fourth-order valence-corrected chi connectivity index (χ4v) is 1.77. The zero-order valence-corrected chi connectivity index (χ0v) is 10.9. The summed E-state index contributed by atoms with van der Waals surface area (Å²) >= 11 is 0. The van der Waals surface area contributed by atoms with Gasteiger partial charge in [-0.1, -0.05) is 0 Å². The van der Waals surface area contributed by atoms with Crippen LogP contribution in [-0.2, 0) is 0 Å². The molecule has 5 nitrogen and oxygen atoms in total. The molecule has 2 aromatic carbocycles. The second kappa shape index (κ2) is 5.44. The molecule has 20 heavy (non-hydrogen) atoms. The van der Waals surface area contributed by atoms with Gasteiger partial charge in [-0.3, -0.25) is 4.79 Å².